The van der Waals surface area contributed by atoms with E-state index in [0.29, 0.717) is 12.1 Å². The second-order valence-corrected chi connectivity index (χ2v) is 3.67. The average Bonchev–Trinajstić information content (AvgIpc) is 2.03. The van der Waals surface area contributed by atoms with E-state index in [1.165, 1.54) is 5.56 Å². The lowest BCUT2D eigenvalue weighted by atomic mass is 10.1. The summed E-state index contributed by atoms with van der Waals surface area (Å²) in [5.74, 6) is 0. The van der Waals surface area contributed by atoms with E-state index in [4.69, 9.17) is 5.73 Å². The lowest BCUT2D eigenvalue weighted by molar-refractivity contribution is 0.507. The third-order valence-electron chi connectivity index (χ3n) is 2.05. The van der Waals surface area contributed by atoms with E-state index in [2.05, 4.69) is 32.2 Å². The molecule has 0 unspecified atom stereocenters. The molecule has 1 aromatic carbocycles. The molecule has 0 heterocycles. The number of anilines is 1. The molecule has 2 nitrogen and oxygen atoms in total. The van der Waals surface area contributed by atoms with Crippen LogP contribution < -0.4 is 11.1 Å². The molecule has 1 rings (SSSR count). The van der Waals surface area contributed by atoms with Crippen LogP contribution in [0.1, 0.15) is 32.4 Å². The van der Waals surface area contributed by atoms with Crippen molar-refractivity contribution in [3.63, 3.8) is 0 Å². The zero-order valence-corrected chi connectivity index (χ0v) is 8.54. The number of nitrogen functional groups attached to an aromatic ring is 1. The summed E-state index contributed by atoms with van der Waals surface area (Å²) in [5, 5.41) is 3.42. The van der Waals surface area contributed by atoms with Gasteiger partial charge in [-0.2, -0.15) is 0 Å². The normalized spacial score (nSPS) is 13.2. The first-order valence-electron chi connectivity index (χ1n) is 4.71. The Balaban J connectivity index is 2.76. The summed E-state index contributed by atoms with van der Waals surface area (Å²) in [6.07, 6.45) is 0. The maximum absolute atomic E-state index is 5.86. The van der Waals surface area contributed by atoms with E-state index in [9.17, 15) is 0 Å². The van der Waals surface area contributed by atoms with Gasteiger partial charge in [-0.1, -0.05) is 32.0 Å². The number of hydrogen-bond donors (Lipinski definition) is 2. The smallest absolute Gasteiger partial charge is 0.0362 e. The minimum absolute atomic E-state index is 0.321. The Labute approximate surface area is 80.1 Å². The van der Waals surface area contributed by atoms with Gasteiger partial charge >= 0.3 is 0 Å². The highest BCUT2D eigenvalue weighted by molar-refractivity contribution is 5.47. The van der Waals surface area contributed by atoms with Crippen LogP contribution in [0.15, 0.2) is 24.3 Å². The number of rotatable bonds is 3. The molecule has 0 amide bonds. The molecule has 1 aromatic rings. The number of nitrogens with two attached hydrogens (primary N) is 1. The first-order chi connectivity index (χ1) is 6.11. The van der Waals surface area contributed by atoms with Crippen LogP contribution in [-0.4, -0.2) is 6.04 Å². The molecule has 1 atom stereocenters. The predicted molar refractivity (Wildman–Crippen MR) is 57.5 cm³/mol. The molecular formula is C11H18N2. The van der Waals surface area contributed by atoms with Crippen molar-refractivity contribution in [2.45, 2.75) is 32.9 Å². The molecule has 0 saturated carbocycles. The zero-order chi connectivity index (χ0) is 9.84. The maximum Gasteiger partial charge on any atom is 0.0362 e. The van der Waals surface area contributed by atoms with Crippen LogP contribution in [0, 0.1) is 0 Å². The molecule has 0 saturated heterocycles. The fourth-order valence-corrected chi connectivity index (χ4v) is 1.50. The van der Waals surface area contributed by atoms with Crippen LogP contribution in [0.3, 0.4) is 0 Å². The second-order valence-electron chi connectivity index (χ2n) is 3.67. The summed E-state index contributed by atoms with van der Waals surface area (Å²) in [4.78, 5) is 0. The van der Waals surface area contributed by atoms with Crippen LogP contribution in [-0.2, 0) is 0 Å². The van der Waals surface area contributed by atoms with Gasteiger partial charge in [0.15, 0.2) is 0 Å². The number of nitrogens with one attached hydrogen (secondary N) is 1. The molecule has 2 heteroatoms. The molecule has 13 heavy (non-hydrogen) atoms. The molecule has 0 aliphatic heterocycles. The Morgan fingerprint density at radius 2 is 1.77 bits per heavy atom. The topological polar surface area (TPSA) is 38.0 Å². The lowest BCUT2D eigenvalue weighted by Crippen LogP contribution is -2.26. The fourth-order valence-electron chi connectivity index (χ4n) is 1.50. The summed E-state index contributed by atoms with van der Waals surface area (Å²) in [5.41, 5.74) is 7.90. The van der Waals surface area contributed by atoms with Gasteiger partial charge in [0.25, 0.3) is 0 Å². The molecule has 72 valence electrons. The Hall–Kier alpha value is -1.02. The molecule has 0 radical (unpaired) electrons. The highest BCUT2D eigenvalue weighted by Gasteiger charge is 2.08. The minimum Gasteiger partial charge on any atom is -0.398 e. The van der Waals surface area contributed by atoms with E-state index in [1.54, 1.807) is 0 Å². The van der Waals surface area contributed by atoms with E-state index in [-0.39, 0.29) is 0 Å². The predicted octanol–water partition coefficient (Wildman–Crippen LogP) is 2.33. The molecule has 0 aliphatic carbocycles. The molecule has 3 N–H and O–H groups in total. The van der Waals surface area contributed by atoms with Gasteiger partial charge in [0.2, 0.25) is 0 Å². The van der Waals surface area contributed by atoms with Gasteiger partial charge in [-0.15, -0.1) is 0 Å². The highest BCUT2D eigenvalue weighted by atomic mass is 14.9. The minimum atomic E-state index is 0.321. The summed E-state index contributed by atoms with van der Waals surface area (Å²) >= 11 is 0. The van der Waals surface area contributed by atoms with Crippen LogP contribution >= 0.6 is 0 Å². The van der Waals surface area contributed by atoms with Crippen LogP contribution in [0.2, 0.25) is 0 Å². The SMILES string of the molecule is CC(C)N[C@H](C)c1ccccc1N. The van der Waals surface area contributed by atoms with E-state index in [1.807, 2.05) is 18.2 Å². The Morgan fingerprint density at radius 1 is 1.15 bits per heavy atom. The number of para-hydroxylation sites is 1. The molecule has 0 fully saturated rings. The summed E-state index contributed by atoms with van der Waals surface area (Å²) in [7, 11) is 0. The first-order valence-corrected chi connectivity index (χ1v) is 4.71. The summed E-state index contributed by atoms with van der Waals surface area (Å²) < 4.78 is 0. The summed E-state index contributed by atoms with van der Waals surface area (Å²) in [6.45, 7) is 6.40. The molecule has 0 aromatic heterocycles. The monoisotopic (exact) mass is 178 g/mol. The van der Waals surface area contributed by atoms with Crippen molar-refractivity contribution < 1.29 is 0 Å². The average molecular weight is 178 g/mol. The molecular weight excluding hydrogens is 160 g/mol. The zero-order valence-electron chi connectivity index (χ0n) is 8.54. The Morgan fingerprint density at radius 3 is 2.31 bits per heavy atom. The van der Waals surface area contributed by atoms with Crippen molar-refractivity contribution in [3.05, 3.63) is 29.8 Å². The van der Waals surface area contributed by atoms with Crippen LogP contribution in [0.4, 0.5) is 5.69 Å². The van der Waals surface area contributed by atoms with Crippen molar-refractivity contribution in [1.29, 1.82) is 0 Å². The van der Waals surface area contributed by atoms with Crippen LogP contribution in [0.25, 0.3) is 0 Å². The first kappa shape index (κ1) is 10.1. The molecule has 0 bridgehead atoms. The van der Waals surface area contributed by atoms with Crippen molar-refractivity contribution in [2.75, 3.05) is 5.73 Å². The van der Waals surface area contributed by atoms with Crippen molar-refractivity contribution >= 4 is 5.69 Å². The van der Waals surface area contributed by atoms with Gasteiger partial charge in [0, 0.05) is 17.8 Å². The Kier molecular flexibility index (Phi) is 3.32. The van der Waals surface area contributed by atoms with E-state index in [0.717, 1.165) is 5.69 Å². The van der Waals surface area contributed by atoms with Gasteiger partial charge in [0.05, 0.1) is 0 Å². The lowest BCUT2D eigenvalue weighted by Gasteiger charge is -2.18. The third-order valence-corrected chi connectivity index (χ3v) is 2.05. The van der Waals surface area contributed by atoms with Gasteiger partial charge in [0.1, 0.15) is 0 Å². The Bertz CT molecular complexity index is 269. The van der Waals surface area contributed by atoms with Gasteiger partial charge < -0.3 is 11.1 Å². The largest absolute Gasteiger partial charge is 0.398 e. The maximum atomic E-state index is 5.86. The number of benzene rings is 1. The van der Waals surface area contributed by atoms with Gasteiger partial charge in [-0.05, 0) is 18.6 Å². The van der Waals surface area contributed by atoms with Crippen molar-refractivity contribution in [1.82, 2.24) is 5.32 Å². The van der Waals surface area contributed by atoms with Crippen LogP contribution in [0.5, 0.6) is 0 Å². The third kappa shape index (κ3) is 2.74. The van der Waals surface area contributed by atoms with E-state index < -0.39 is 0 Å². The molecule has 0 aliphatic rings. The quantitative estimate of drug-likeness (QED) is 0.697. The standard InChI is InChI=1S/C11H18N2/c1-8(2)13-9(3)10-6-4-5-7-11(10)12/h4-9,13H,12H2,1-3H3/t9-/m1/s1. The second kappa shape index (κ2) is 4.28. The van der Waals surface area contributed by atoms with Crippen molar-refractivity contribution in [2.24, 2.45) is 0 Å². The molecule has 0 spiro atoms. The van der Waals surface area contributed by atoms with E-state index >= 15 is 0 Å². The fraction of sp³-hybridized carbons (Fsp3) is 0.455. The number of hydrogen-bond acceptors (Lipinski definition) is 2. The van der Waals surface area contributed by atoms with Gasteiger partial charge in [-0.25, -0.2) is 0 Å². The van der Waals surface area contributed by atoms with Gasteiger partial charge in [-0.3, -0.25) is 0 Å². The summed E-state index contributed by atoms with van der Waals surface area (Å²) in [6, 6.07) is 8.78. The van der Waals surface area contributed by atoms with Crippen molar-refractivity contribution in [3.8, 4) is 0 Å². The highest BCUT2D eigenvalue weighted by Crippen LogP contribution is 2.19.